The number of hydrogen-bond donors (Lipinski definition) is 1. The van der Waals surface area contributed by atoms with E-state index in [-0.39, 0.29) is 24.3 Å². The quantitative estimate of drug-likeness (QED) is 0.509. The Kier molecular flexibility index (Phi) is 5.64. The van der Waals surface area contributed by atoms with Crippen LogP contribution in [0.2, 0.25) is 5.28 Å². The number of carbonyl (C=O) groups is 1. The SMILES string of the molecule is CCOC(=O)CNN(c1nc(Cl)ncc1F)C(C)(C)C. The topological polar surface area (TPSA) is 67.3 Å². The molecule has 112 valence electrons. The first kappa shape index (κ1) is 16.6. The summed E-state index contributed by atoms with van der Waals surface area (Å²) in [5.74, 6) is -1.11. The average molecular weight is 305 g/mol. The molecule has 0 amide bonds. The van der Waals surface area contributed by atoms with E-state index in [9.17, 15) is 9.18 Å². The number of ether oxygens (including phenoxy) is 1. The van der Waals surface area contributed by atoms with Crippen molar-refractivity contribution in [3.63, 3.8) is 0 Å². The molecule has 1 N–H and O–H groups in total. The molecule has 0 atom stereocenters. The largest absolute Gasteiger partial charge is 0.465 e. The van der Waals surface area contributed by atoms with Crippen molar-refractivity contribution in [1.82, 2.24) is 15.4 Å². The van der Waals surface area contributed by atoms with Gasteiger partial charge in [0.15, 0.2) is 11.6 Å². The van der Waals surface area contributed by atoms with Crippen molar-refractivity contribution in [2.45, 2.75) is 33.2 Å². The number of halogens is 2. The molecule has 0 aromatic carbocycles. The van der Waals surface area contributed by atoms with E-state index in [0.717, 1.165) is 6.20 Å². The van der Waals surface area contributed by atoms with Crippen molar-refractivity contribution in [2.24, 2.45) is 0 Å². The standard InChI is InChI=1S/C12H18ClFN4O2/c1-5-20-9(19)7-16-18(12(2,3)4)10-8(14)6-15-11(13)17-10/h6,16H,5,7H2,1-4H3. The van der Waals surface area contributed by atoms with E-state index in [0.29, 0.717) is 0 Å². The molecule has 1 aromatic heterocycles. The summed E-state index contributed by atoms with van der Waals surface area (Å²) in [6.07, 6.45) is 0.982. The van der Waals surface area contributed by atoms with Crippen molar-refractivity contribution in [3.05, 3.63) is 17.3 Å². The molecule has 0 aliphatic carbocycles. The average Bonchev–Trinajstić information content (AvgIpc) is 2.32. The second-order valence-electron chi connectivity index (χ2n) is 4.96. The van der Waals surface area contributed by atoms with Crippen molar-refractivity contribution in [2.75, 3.05) is 18.2 Å². The van der Waals surface area contributed by atoms with Gasteiger partial charge in [-0.05, 0) is 39.3 Å². The fraction of sp³-hybridized carbons (Fsp3) is 0.583. The Hall–Kier alpha value is -1.47. The molecule has 8 heteroatoms. The molecule has 0 fully saturated rings. The van der Waals surface area contributed by atoms with E-state index in [4.69, 9.17) is 16.3 Å². The predicted molar refractivity (Wildman–Crippen MR) is 73.9 cm³/mol. The highest BCUT2D eigenvalue weighted by atomic mass is 35.5. The smallest absolute Gasteiger partial charge is 0.321 e. The molecule has 1 heterocycles. The van der Waals surface area contributed by atoms with Crippen molar-refractivity contribution in [1.29, 1.82) is 0 Å². The van der Waals surface area contributed by atoms with Gasteiger partial charge in [0.1, 0.15) is 6.54 Å². The van der Waals surface area contributed by atoms with Crippen molar-refractivity contribution >= 4 is 23.4 Å². The number of hydrazine groups is 1. The molecule has 0 spiro atoms. The van der Waals surface area contributed by atoms with Gasteiger partial charge in [0.25, 0.3) is 0 Å². The first-order valence-electron chi connectivity index (χ1n) is 6.13. The molecular formula is C12H18ClFN4O2. The molecule has 0 unspecified atom stereocenters. The summed E-state index contributed by atoms with van der Waals surface area (Å²) >= 11 is 5.69. The first-order valence-corrected chi connectivity index (χ1v) is 6.51. The summed E-state index contributed by atoms with van der Waals surface area (Å²) in [5.41, 5.74) is 2.26. The second-order valence-corrected chi connectivity index (χ2v) is 5.29. The minimum absolute atomic E-state index is 0.0261. The van der Waals surface area contributed by atoms with Crippen LogP contribution in [0, 0.1) is 5.82 Å². The minimum Gasteiger partial charge on any atom is -0.465 e. The molecular weight excluding hydrogens is 287 g/mol. The van der Waals surface area contributed by atoms with Gasteiger partial charge in [0.2, 0.25) is 5.28 Å². The first-order chi connectivity index (χ1) is 9.25. The molecule has 0 radical (unpaired) electrons. The van der Waals surface area contributed by atoms with Crippen LogP contribution in [0.4, 0.5) is 10.2 Å². The summed E-state index contributed by atoms with van der Waals surface area (Å²) in [5, 5.41) is 1.35. The summed E-state index contributed by atoms with van der Waals surface area (Å²) in [4.78, 5) is 18.8. The maximum Gasteiger partial charge on any atom is 0.321 e. The van der Waals surface area contributed by atoms with E-state index >= 15 is 0 Å². The van der Waals surface area contributed by atoms with E-state index in [2.05, 4.69) is 15.4 Å². The summed E-state index contributed by atoms with van der Waals surface area (Å²) in [7, 11) is 0. The van der Waals surface area contributed by atoms with Gasteiger partial charge >= 0.3 is 5.97 Å². The molecule has 0 aliphatic rings. The van der Waals surface area contributed by atoms with Gasteiger partial charge in [-0.25, -0.2) is 14.8 Å². The summed E-state index contributed by atoms with van der Waals surface area (Å²) < 4.78 is 18.7. The van der Waals surface area contributed by atoms with Crippen LogP contribution in [0.5, 0.6) is 0 Å². The number of anilines is 1. The fourth-order valence-corrected chi connectivity index (χ4v) is 1.61. The summed E-state index contributed by atoms with van der Waals surface area (Å²) in [6.45, 7) is 7.39. The fourth-order valence-electron chi connectivity index (χ4n) is 1.48. The lowest BCUT2D eigenvalue weighted by Gasteiger charge is -2.36. The van der Waals surface area contributed by atoms with Crippen LogP contribution in [0.25, 0.3) is 0 Å². The van der Waals surface area contributed by atoms with E-state index in [1.165, 1.54) is 5.01 Å². The summed E-state index contributed by atoms with van der Waals surface area (Å²) in [6, 6.07) is 0. The number of esters is 1. The lowest BCUT2D eigenvalue weighted by Crippen LogP contribution is -2.53. The van der Waals surface area contributed by atoms with Gasteiger partial charge in [-0.3, -0.25) is 9.80 Å². The molecule has 20 heavy (non-hydrogen) atoms. The van der Waals surface area contributed by atoms with Crippen LogP contribution in [0.1, 0.15) is 27.7 Å². The van der Waals surface area contributed by atoms with Crippen molar-refractivity contribution in [3.8, 4) is 0 Å². The van der Waals surface area contributed by atoms with Gasteiger partial charge in [-0.2, -0.15) is 4.98 Å². The maximum atomic E-state index is 13.8. The number of rotatable bonds is 5. The minimum atomic E-state index is -0.638. The van der Waals surface area contributed by atoms with Crippen LogP contribution in [0.15, 0.2) is 6.20 Å². The van der Waals surface area contributed by atoms with Gasteiger partial charge in [0, 0.05) is 5.54 Å². The Labute approximate surface area is 122 Å². The third kappa shape index (κ3) is 4.57. The van der Waals surface area contributed by atoms with Crippen LogP contribution in [-0.4, -0.2) is 34.6 Å². The lowest BCUT2D eigenvalue weighted by molar-refractivity contribution is -0.142. The second kappa shape index (κ2) is 6.81. The predicted octanol–water partition coefficient (Wildman–Crippen LogP) is 1.94. The van der Waals surface area contributed by atoms with Crippen molar-refractivity contribution < 1.29 is 13.9 Å². The zero-order chi connectivity index (χ0) is 15.3. The Bertz CT molecular complexity index is 479. The zero-order valence-electron chi connectivity index (χ0n) is 11.9. The number of carbonyl (C=O) groups excluding carboxylic acids is 1. The Morgan fingerprint density at radius 3 is 2.75 bits per heavy atom. The van der Waals surface area contributed by atoms with Gasteiger partial charge in [0.05, 0.1) is 12.8 Å². The van der Waals surface area contributed by atoms with Crippen LogP contribution >= 0.6 is 11.6 Å². The van der Waals surface area contributed by atoms with Gasteiger partial charge in [-0.15, -0.1) is 0 Å². The molecule has 0 saturated carbocycles. The number of aromatic nitrogens is 2. The highest BCUT2D eigenvalue weighted by molar-refractivity contribution is 6.28. The molecule has 1 rings (SSSR count). The van der Waals surface area contributed by atoms with E-state index in [1.54, 1.807) is 6.92 Å². The number of nitrogens with one attached hydrogen (secondary N) is 1. The number of nitrogens with zero attached hydrogens (tertiary/aromatic N) is 3. The van der Waals surface area contributed by atoms with Gasteiger partial charge < -0.3 is 4.74 Å². The molecule has 0 bridgehead atoms. The Balaban J connectivity index is 2.96. The molecule has 1 aromatic rings. The van der Waals surface area contributed by atoms with Crippen LogP contribution in [0.3, 0.4) is 0 Å². The van der Waals surface area contributed by atoms with E-state index < -0.39 is 17.3 Å². The lowest BCUT2D eigenvalue weighted by atomic mass is 10.1. The third-order valence-electron chi connectivity index (χ3n) is 2.27. The highest BCUT2D eigenvalue weighted by Crippen LogP contribution is 2.23. The maximum absolute atomic E-state index is 13.8. The molecule has 0 aliphatic heterocycles. The molecule has 6 nitrogen and oxygen atoms in total. The van der Waals surface area contributed by atoms with E-state index in [1.807, 2.05) is 20.8 Å². The monoisotopic (exact) mass is 304 g/mol. The van der Waals surface area contributed by atoms with Crippen LogP contribution in [-0.2, 0) is 9.53 Å². The van der Waals surface area contributed by atoms with Gasteiger partial charge in [-0.1, -0.05) is 0 Å². The molecule has 0 saturated heterocycles. The zero-order valence-corrected chi connectivity index (χ0v) is 12.7. The Morgan fingerprint density at radius 1 is 1.55 bits per heavy atom. The number of hydrogen-bond acceptors (Lipinski definition) is 6. The normalized spacial score (nSPS) is 11.3. The third-order valence-corrected chi connectivity index (χ3v) is 2.45. The highest BCUT2D eigenvalue weighted by Gasteiger charge is 2.27. The Morgan fingerprint density at radius 2 is 2.20 bits per heavy atom. The van der Waals surface area contributed by atoms with Crippen LogP contribution < -0.4 is 10.4 Å².